The molecule has 0 aliphatic carbocycles. The maximum Gasteiger partial charge on any atom is 0.191 e. The van der Waals surface area contributed by atoms with Gasteiger partial charge >= 0.3 is 0 Å². The van der Waals surface area contributed by atoms with Crippen molar-refractivity contribution < 1.29 is 4.52 Å². The fourth-order valence-corrected chi connectivity index (χ4v) is 2.13. The van der Waals surface area contributed by atoms with E-state index >= 15 is 0 Å². The van der Waals surface area contributed by atoms with Gasteiger partial charge in [0.25, 0.3) is 0 Å². The number of nitrogens with zero attached hydrogens (tertiary/aromatic N) is 1. The molecule has 1 aromatic heterocycles. The number of rotatable bonds is 1. The molecule has 74 valence electrons. The minimum Gasteiger partial charge on any atom is -0.396 e. The van der Waals surface area contributed by atoms with Crippen LogP contribution in [0.15, 0.2) is 16.7 Å². The van der Waals surface area contributed by atoms with Crippen LogP contribution in [0.2, 0.25) is 0 Å². The van der Waals surface area contributed by atoms with E-state index in [2.05, 4.69) is 18.1 Å². The SMILES string of the molecule is C=[PH](C)c1cc(N)c2onc(N)c2c1. The number of nitrogen functional groups attached to an aromatic ring is 2. The fourth-order valence-electron chi connectivity index (χ4n) is 1.33. The summed E-state index contributed by atoms with van der Waals surface area (Å²) in [6.45, 7) is 2.09. The topological polar surface area (TPSA) is 78.1 Å². The van der Waals surface area contributed by atoms with E-state index in [0.717, 1.165) is 10.7 Å². The first kappa shape index (κ1) is 9.16. The van der Waals surface area contributed by atoms with Gasteiger partial charge in [-0.2, -0.15) is 0 Å². The summed E-state index contributed by atoms with van der Waals surface area (Å²) < 4.78 is 5.01. The van der Waals surface area contributed by atoms with E-state index in [1.54, 1.807) is 0 Å². The first-order valence-electron chi connectivity index (χ1n) is 4.20. The van der Waals surface area contributed by atoms with E-state index in [1.807, 2.05) is 12.1 Å². The molecule has 0 aliphatic heterocycles. The van der Waals surface area contributed by atoms with Crippen LogP contribution in [0.5, 0.6) is 0 Å². The lowest BCUT2D eigenvalue weighted by Crippen LogP contribution is -1.99. The Hall–Kier alpha value is -1.41. The van der Waals surface area contributed by atoms with Gasteiger partial charge in [-0.15, -0.1) is 0 Å². The largest absolute Gasteiger partial charge is 0.396 e. The van der Waals surface area contributed by atoms with Crippen molar-refractivity contribution in [2.75, 3.05) is 18.1 Å². The number of fused-ring (bicyclic) bond motifs is 1. The summed E-state index contributed by atoms with van der Waals surface area (Å²) >= 11 is 0. The molecule has 2 rings (SSSR count). The van der Waals surface area contributed by atoms with Crippen molar-refractivity contribution in [3.8, 4) is 0 Å². The number of aromatic nitrogens is 1. The van der Waals surface area contributed by atoms with Crippen LogP contribution in [0.1, 0.15) is 0 Å². The van der Waals surface area contributed by atoms with Crippen molar-refractivity contribution in [3.05, 3.63) is 12.1 Å². The normalized spacial score (nSPS) is 13.2. The summed E-state index contributed by atoms with van der Waals surface area (Å²) in [5.41, 5.74) is 12.6. The molecule has 1 heterocycles. The van der Waals surface area contributed by atoms with Crippen molar-refractivity contribution in [2.24, 2.45) is 0 Å². The van der Waals surface area contributed by atoms with Crippen LogP contribution in [0.4, 0.5) is 11.5 Å². The lowest BCUT2D eigenvalue weighted by atomic mass is 10.2. The quantitative estimate of drug-likeness (QED) is 0.540. The highest BCUT2D eigenvalue weighted by molar-refractivity contribution is 7.62. The highest BCUT2D eigenvalue weighted by atomic mass is 31.1. The van der Waals surface area contributed by atoms with Gasteiger partial charge in [0.2, 0.25) is 0 Å². The third-order valence-electron chi connectivity index (χ3n) is 2.12. The Morgan fingerprint density at radius 2 is 2.14 bits per heavy atom. The van der Waals surface area contributed by atoms with Gasteiger partial charge < -0.3 is 16.0 Å². The lowest BCUT2D eigenvalue weighted by molar-refractivity contribution is 0.461. The van der Waals surface area contributed by atoms with E-state index in [-0.39, 0.29) is 0 Å². The van der Waals surface area contributed by atoms with Gasteiger partial charge in [0.1, 0.15) is 0 Å². The third kappa shape index (κ3) is 1.28. The third-order valence-corrected chi connectivity index (χ3v) is 3.40. The van der Waals surface area contributed by atoms with Crippen LogP contribution in [-0.4, -0.2) is 18.1 Å². The summed E-state index contributed by atoms with van der Waals surface area (Å²) in [4.78, 5) is 0. The van der Waals surface area contributed by atoms with E-state index in [0.29, 0.717) is 17.1 Å². The van der Waals surface area contributed by atoms with Crippen LogP contribution in [0.3, 0.4) is 0 Å². The number of benzene rings is 1. The zero-order valence-electron chi connectivity index (χ0n) is 7.87. The average molecular weight is 209 g/mol. The van der Waals surface area contributed by atoms with E-state index in [1.165, 1.54) is 0 Å². The number of hydrogen-bond donors (Lipinski definition) is 2. The molecule has 4 nitrogen and oxygen atoms in total. The van der Waals surface area contributed by atoms with Crippen LogP contribution >= 0.6 is 7.55 Å². The molecule has 1 unspecified atom stereocenters. The minimum absolute atomic E-state index is 0.386. The molecule has 0 bridgehead atoms. The predicted molar refractivity (Wildman–Crippen MR) is 63.8 cm³/mol. The van der Waals surface area contributed by atoms with Crippen LogP contribution in [0.25, 0.3) is 11.0 Å². The van der Waals surface area contributed by atoms with Crippen molar-refractivity contribution >= 4 is 41.6 Å². The maximum atomic E-state index is 5.81. The van der Waals surface area contributed by atoms with Gasteiger partial charge in [-0.1, -0.05) is 19.0 Å². The number of hydrogen-bond acceptors (Lipinski definition) is 4. The Morgan fingerprint density at radius 3 is 2.79 bits per heavy atom. The molecular weight excluding hydrogens is 197 g/mol. The van der Waals surface area contributed by atoms with Gasteiger partial charge in [0.05, 0.1) is 11.1 Å². The Morgan fingerprint density at radius 1 is 1.43 bits per heavy atom. The molecule has 0 radical (unpaired) electrons. The molecule has 4 N–H and O–H groups in total. The lowest BCUT2D eigenvalue weighted by Gasteiger charge is -2.02. The Kier molecular flexibility index (Phi) is 2.01. The summed E-state index contributed by atoms with van der Waals surface area (Å²) in [5.74, 6) is 0.386. The number of nitrogens with two attached hydrogens (primary N) is 2. The van der Waals surface area contributed by atoms with Gasteiger partial charge in [0, 0.05) is 0 Å². The van der Waals surface area contributed by atoms with E-state index in [4.69, 9.17) is 16.0 Å². The summed E-state index contributed by atoms with van der Waals surface area (Å²) in [5, 5.41) is 5.59. The summed E-state index contributed by atoms with van der Waals surface area (Å²) in [7, 11) is -0.774. The highest BCUT2D eigenvalue weighted by Gasteiger charge is 2.09. The molecule has 0 amide bonds. The van der Waals surface area contributed by atoms with Crippen molar-refractivity contribution in [1.82, 2.24) is 5.16 Å². The zero-order chi connectivity index (χ0) is 10.3. The molecule has 2 aromatic rings. The van der Waals surface area contributed by atoms with Crippen molar-refractivity contribution in [2.45, 2.75) is 0 Å². The molecule has 1 aromatic carbocycles. The first-order valence-corrected chi connectivity index (χ1v) is 6.40. The van der Waals surface area contributed by atoms with Gasteiger partial charge in [0.15, 0.2) is 11.4 Å². The minimum atomic E-state index is -0.774. The Bertz CT molecular complexity index is 518. The van der Waals surface area contributed by atoms with Gasteiger partial charge in [-0.05, 0) is 24.1 Å². The molecule has 0 saturated carbocycles. The second kappa shape index (κ2) is 3.07. The van der Waals surface area contributed by atoms with Gasteiger partial charge in [-0.25, -0.2) is 0 Å². The maximum absolute atomic E-state index is 5.81. The van der Waals surface area contributed by atoms with Gasteiger partial charge in [-0.3, -0.25) is 0 Å². The Balaban J connectivity index is 2.82. The molecule has 1 atom stereocenters. The molecular formula is C9H12N3OP. The van der Waals surface area contributed by atoms with Crippen LogP contribution in [-0.2, 0) is 0 Å². The molecule has 0 aliphatic rings. The summed E-state index contributed by atoms with van der Waals surface area (Å²) in [6.07, 6.45) is 4.03. The second-order valence-electron chi connectivity index (χ2n) is 3.29. The monoisotopic (exact) mass is 209 g/mol. The molecule has 0 saturated heterocycles. The molecule has 0 spiro atoms. The van der Waals surface area contributed by atoms with Crippen molar-refractivity contribution in [1.29, 1.82) is 0 Å². The van der Waals surface area contributed by atoms with Crippen molar-refractivity contribution in [3.63, 3.8) is 0 Å². The zero-order valence-corrected chi connectivity index (χ0v) is 8.87. The van der Waals surface area contributed by atoms with E-state index < -0.39 is 7.55 Å². The molecule has 0 fully saturated rings. The average Bonchev–Trinajstić information content (AvgIpc) is 2.48. The highest BCUT2D eigenvalue weighted by Crippen LogP contribution is 2.27. The summed E-state index contributed by atoms with van der Waals surface area (Å²) in [6, 6.07) is 3.84. The van der Waals surface area contributed by atoms with Crippen LogP contribution in [0, 0.1) is 0 Å². The molecule has 14 heavy (non-hydrogen) atoms. The van der Waals surface area contributed by atoms with Crippen LogP contribution < -0.4 is 16.8 Å². The molecule has 5 heteroatoms. The standard InChI is InChI=1S/C9H12N3OP/c1-14(2)5-3-6-8(7(10)4-5)13-12-9(6)11/h3-4,14H,1,10H2,2H3,(H2,11,12). The smallest absolute Gasteiger partial charge is 0.191 e. The Labute approximate surface area is 82.2 Å². The number of anilines is 2. The second-order valence-corrected chi connectivity index (χ2v) is 5.43. The predicted octanol–water partition coefficient (Wildman–Crippen LogP) is 0.893. The fraction of sp³-hybridized carbons (Fsp3) is 0.111. The van der Waals surface area contributed by atoms with E-state index in [9.17, 15) is 0 Å². The first-order chi connectivity index (χ1) is 6.59.